The number of carbonyl (C=O) groups excluding carboxylic acids is 1. The molecule has 0 aromatic heterocycles. The van der Waals surface area contributed by atoms with Gasteiger partial charge in [-0.3, -0.25) is 0 Å². The monoisotopic (exact) mass is 287 g/mol. The summed E-state index contributed by atoms with van der Waals surface area (Å²) in [5.74, 6) is -0.433. The number of hydrogen-bond acceptors (Lipinski definition) is 2. The number of rotatable bonds is 6. The van der Waals surface area contributed by atoms with E-state index in [2.05, 4.69) is 29.4 Å². The molecule has 1 aromatic rings. The molecule has 0 saturated heterocycles. The van der Waals surface area contributed by atoms with Crippen LogP contribution in [0.25, 0.3) is 0 Å². The van der Waals surface area contributed by atoms with Gasteiger partial charge in [-0.25, -0.2) is 9.18 Å². The molecule has 0 unspecified atom stereocenters. The quantitative estimate of drug-likeness (QED) is 0.845. The Hall–Kier alpha value is -1.33. The van der Waals surface area contributed by atoms with E-state index in [1.165, 1.54) is 12.1 Å². The molecule has 1 aromatic carbocycles. The molecule has 0 saturated carbocycles. The smallest absolute Gasteiger partial charge is 0.319 e. The Morgan fingerprint density at radius 3 is 2.63 bits per heavy atom. The molecule has 0 aliphatic carbocycles. The molecule has 0 aliphatic rings. The standard InChI is InChI=1S/C13H19ClFN3O/c1-3-18(4-2)8-7-16-13(19)17-12-6-5-10(15)9-11(12)14/h5-6,9H,3-4,7-8H2,1-2H3,(H2,16,17,19). The Morgan fingerprint density at radius 2 is 2.05 bits per heavy atom. The van der Waals surface area contributed by atoms with Crippen LogP contribution >= 0.6 is 11.6 Å². The zero-order valence-corrected chi connectivity index (χ0v) is 11.9. The fourth-order valence-electron chi connectivity index (χ4n) is 1.62. The van der Waals surface area contributed by atoms with Crippen molar-refractivity contribution in [2.75, 3.05) is 31.5 Å². The molecule has 4 nitrogen and oxygen atoms in total. The van der Waals surface area contributed by atoms with Gasteiger partial charge in [0.15, 0.2) is 0 Å². The van der Waals surface area contributed by atoms with Crippen LogP contribution < -0.4 is 10.6 Å². The van der Waals surface area contributed by atoms with Crippen molar-refractivity contribution < 1.29 is 9.18 Å². The SMILES string of the molecule is CCN(CC)CCNC(=O)Nc1ccc(F)cc1Cl. The Morgan fingerprint density at radius 1 is 1.37 bits per heavy atom. The largest absolute Gasteiger partial charge is 0.337 e. The van der Waals surface area contributed by atoms with Crippen molar-refractivity contribution in [3.8, 4) is 0 Å². The molecular weight excluding hydrogens is 269 g/mol. The van der Waals surface area contributed by atoms with Crippen LogP contribution in [0.2, 0.25) is 5.02 Å². The molecule has 0 spiro atoms. The molecule has 106 valence electrons. The van der Waals surface area contributed by atoms with E-state index < -0.39 is 5.82 Å². The zero-order chi connectivity index (χ0) is 14.3. The van der Waals surface area contributed by atoms with Gasteiger partial charge in [-0.05, 0) is 31.3 Å². The van der Waals surface area contributed by atoms with E-state index in [0.717, 1.165) is 25.7 Å². The Labute approximate surface area is 117 Å². The van der Waals surface area contributed by atoms with Crippen molar-refractivity contribution in [2.45, 2.75) is 13.8 Å². The third-order valence-electron chi connectivity index (χ3n) is 2.79. The van der Waals surface area contributed by atoms with Crippen molar-refractivity contribution in [1.82, 2.24) is 10.2 Å². The maximum atomic E-state index is 12.8. The lowest BCUT2D eigenvalue weighted by Crippen LogP contribution is -2.36. The van der Waals surface area contributed by atoms with E-state index in [1.54, 1.807) is 0 Å². The Bertz CT molecular complexity index is 424. The van der Waals surface area contributed by atoms with Gasteiger partial charge in [0.05, 0.1) is 10.7 Å². The second kappa shape index (κ2) is 7.96. The molecular formula is C13H19ClFN3O. The number of urea groups is 1. The molecule has 0 aliphatic heterocycles. The van der Waals surface area contributed by atoms with E-state index in [1.807, 2.05) is 0 Å². The molecule has 2 N–H and O–H groups in total. The van der Waals surface area contributed by atoms with Crippen molar-refractivity contribution >= 4 is 23.3 Å². The number of hydrogen-bond donors (Lipinski definition) is 2. The average molecular weight is 288 g/mol. The van der Waals surface area contributed by atoms with E-state index >= 15 is 0 Å². The lowest BCUT2D eigenvalue weighted by Gasteiger charge is -2.18. The topological polar surface area (TPSA) is 44.4 Å². The van der Waals surface area contributed by atoms with E-state index in [0.29, 0.717) is 12.2 Å². The summed E-state index contributed by atoms with van der Waals surface area (Å²) >= 11 is 5.81. The maximum absolute atomic E-state index is 12.8. The predicted octanol–water partition coefficient (Wildman–Crippen LogP) is 2.94. The minimum Gasteiger partial charge on any atom is -0.337 e. The molecule has 19 heavy (non-hydrogen) atoms. The van der Waals surface area contributed by atoms with Gasteiger partial charge < -0.3 is 15.5 Å². The number of carbonyl (C=O) groups is 1. The lowest BCUT2D eigenvalue weighted by molar-refractivity contribution is 0.248. The molecule has 0 bridgehead atoms. The van der Waals surface area contributed by atoms with Gasteiger partial charge in [-0.2, -0.15) is 0 Å². The molecule has 2 amide bonds. The van der Waals surface area contributed by atoms with Gasteiger partial charge in [0.25, 0.3) is 0 Å². The van der Waals surface area contributed by atoms with Crippen LogP contribution in [0.4, 0.5) is 14.9 Å². The lowest BCUT2D eigenvalue weighted by atomic mass is 10.3. The molecule has 1 rings (SSSR count). The van der Waals surface area contributed by atoms with Gasteiger partial charge in [-0.1, -0.05) is 25.4 Å². The number of amides is 2. The number of halogens is 2. The van der Waals surface area contributed by atoms with Crippen molar-refractivity contribution in [2.24, 2.45) is 0 Å². The van der Waals surface area contributed by atoms with Gasteiger partial charge in [0.1, 0.15) is 5.82 Å². The number of nitrogens with one attached hydrogen (secondary N) is 2. The first-order valence-electron chi connectivity index (χ1n) is 6.29. The highest BCUT2D eigenvalue weighted by Crippen LogP contribution is 2.21. The maximum Gasteiger partial charge on any atom is 0.319 e. The van der Waals surface area contributed by atoms with Crippen LogP contribution in [0.15, 0.2) is 18.2 Å². The summed E-state index contributed by atoms with van der Waals surface area (Å²) in [7, 11) is 0. The van der Waals surface area contributed by atoms with Crippen LogP contribution in [0.3, 0.4) is 0 Å². The van der Waals surface area contributed by atoms with Gasteiger partial charge >= 0.3 is 6.03 Å². The average Bonchev–Trinajstić information content (AvgIpc) is 2.38. The number of anilines is 1. The molecule has 6 heteroatoms. The summed E-state index contributed by atoms with van der Waals surface area (Å²) in [5, 5.41) is 5.49. The second-order valence-electron chi connectivity index (χ2n) is 4.03. The number of nitrogens with zero attached hydrogens (tertiary/aromatic N) is 1. The fourth-order valence-corrected chi connectivity index (χ4v) is 1.84. The summed E-state index contributed by atoms with van der Waals surface area (Å²) in [6.45, 7) is 7.38. The minimum atomic E-state index is -0.433. The second-order valence-corrected chi connectivity index (χ2v) is 4.44. The fraction of sp³-hybridized carbons (Fsp3) is 0.462. The van der Waals surface area contributed by atoms with E-state index in [4.69, 9.17) is 11.6 Å². The van der Waals surface area contributed by atoms with E-state index in [9.17, 15) is 9.18 Å². The summed E-state index contributed by atoms with van der Waals surface area (Å²) in [5.41, 5.74) is 0.392. The van der Waals surface area contributed by atoms with Crippen LogP contribution in [0.5, 0.6) is 0 Å². The molecule has 0 fully saturated rings. The van der Waals surface area contributed by atoms with Crippen LogP contribution in [0, 0.1) is 5.82 Å². The van der Waals surface area contributed by atoms with E-state index in [-0.39, 0.29) is 11.1 Å². The highest BCUT2D eigenvalue weighted by atomic mass is 35.5. The third kappa shape index (κ3) is 5.44. The number of benzene rings is 1. The van der Waals surface area contributed by atoms with Crippen LogP contribution in [-0.4, -0.2) is 37.1 Å². The molecule has 0 radical (unpaired) electrons. The Balaban J connectivity index is 2.39. The zero-order valence-electron chi connectivity index (χ0n) is 11.2. The van der Waals surface area contributed by atoms with Crippen molar-refractivity contribution in [3.05, 3.63) is 29.0 Å². The van der Waals surface area contributed by atoms with Gasteiger partial charge in [0.2, 0.25) is 0 Å². The van der Waals surface area contributed by atoms with Gasteiger partial charge in [0, 0.05) is 13.1 Å². The molecule has 0 heterocycles. The van der Waals surface area contributed by atoms with Crippen LogP contribution in [-0.2, 0) is 0 Å². The minimum absolute atomic E-state index is 0.180. The first-order chi connectivity index (χ1) is 9.06. The normalized spacial score (nSPS) is 10.6. The van der Waals surface area contributed by atoms with Crippen LogP contribution in [0.1, 0.15) is 13.8 Å². The highest BCUT2D eigenvalue weighted by molar-refractivity contribution is 6.33. The number of likely N-dealkylation sites (N-methyl/N-ethyl adjacent to an activating group) is 1. The first-order valence-corrected chi connectivity index (χ1v) is 6.66. The van der Waals surface area contributed by atoms with Crippen molar-refractivity contribution in [3.63, 3.8) is 0 Å². The third-order valence-corrected chi connectivity index (χ3v) is 3.10. The Kier molecular flexibility index (Phi) is 6.59. The summed E-state index contributed by atoms with van der Waals surface area (Å²) in [4.78, 5) is 13.8. The first kappa shape index (κ1) is 15.7. The summed E-state index contributed by atoms with van der Waals surface area (Å²) < 4.78 is 12.8. The van der Waals surface area contributed by atoms with Gasteiger partial charge in [-0.15, -0.1) is 0 Å². The summed E-state index contributed by atoms with van der Waals surface area (Å²) in [6, 6.07) is 3.49. The van der Waals surface area contributed by atoms with Crippen molar-refractivity contribution in [1.29, 1.82) is 0 Å². The summed E-state index contributed by atoms with van der Waals surface area (Å²) in [6.07, 6.45) is 0. The molecule has 0 atom stereocenters. The highest BCUT2D eigenvalue weighted by Gasteiger charge is 2.06. The predicted molar refractivity (Wildman–Crippen MR) is 76.2 cm³/mol.